The van der Waals surface area contributed by atoms with Gasteiger partial charge in [0.15, 0.2) is 0 Å². The molecule has 2 aliphatic rings. The van der Waals surface area contributed by atoms with Gasteiger partial charge in [0.1, 0.15) is 11.9 Å². The molecule has 2 heterocycles. The van der Waals surface area contributed by atoms with Crippen molar-refractivity contribution in [2.45, 2.75) is 25.2 Å². The number of cyclic esters (lactones) is 1. The lowest BCUT2D eigenvalue weighted by molar-refractivity contribution is -0.119. The van der Waals surface area contributed by atoms with Crippen molar-refractivity contribution in [2.75, 3.05) is 36.0 Å². The minimum atomic E-state index is -0.915. The molecule has 1 aromatic carbocycles. The van der Waals surface area contributed by atoms with Crippen LogP contribution < -0.4 is 15.1 Å². The molecule has 1 aromatic rings. The molecule has 3 rings (SSSR count). The molecule has 2 amide bonds. The van der Waals surface area contributed by atoms with E-state index in [-0.39, 0.29) is 37.8 Å². The topological polar surface area (TPSA) is 102 Å². The van der Waals surface area contributed by atoms with Crippen LogP contribution in [-0.4, -0.2) is 66.7 Å². The molecule has 0 aliphatic carbocycles. The van der Waals surface area contributed by atoms with Crippen LogP contribution in [0.2, 0.25) is 0 Å². The molecular weight excluding hydrogens is 333 g/mol. The number of halogens is 1. The number of β-amino-alcohol motifs (C(OH)–C–C–N with tert-alkyl or cyclic N) is 2. The number of rotatable bonds is 4. The summed E-state index contributed by atoms with van der Waals surface area (Å²) >= 11 is 0. The summed E-state index contributed by atoms with van der Waals surface area (Å²) in [7, 11) is 0. The van der Waals surface area contributed by atoms with Crippen molar-refractivity contribution in [3.63, 3.8) is 0 Å². The summed E-state index contributed by atoms with van der Waals surface area (Å²) in [6, 6.07) is 4.30. The average molecular weight is 353 g/mol. The molecule has 25 heavy (non-hydrogen) atoms. The standard InChI is InChI=1S/C16H20FN3O5/c1-9(21)18-5-11-6-20(16(24)25-11)10-2-3-13(12(17)4-10)19-7-14(22)15(23)8-19/h2-4,11,14-15,22-23H,5-8H2,1H3,(H,18,21)/t11-,14-,15+/m0/s1. The molecule has 136 valence electrons. The Balaban J connectivity index is 1.70. The molecule has 0 bridgehead atoms. The molecule has 0 unspecified atom stereocenters. The Labute approximate surface area is 143 Å². The van der Waals surface area contributed by atoms with E-state index in [1.165, 1.54) is 24.0 Å². The number of carbonyl (C=O) groups excluding carboxylic acids is 2. The Kier molecular flexibility index (Phi) is 4.78. The van der Waals surface area contributed by atoms with Gasteiger partial charge in [-0.25, -0.2) is 9.18 Å². The lowest BCUT2D eigenvalue weighted by Crippen LogP contribution is -2.33. The van der Waals surface area contributed by atoms with Gasteiger partial charge in [-0.05, 0) is 18.2 Å². The molecule has 3 atom stereocenters. The van der Waals surface area contributed by atoms with Crippen LogP contribution >= 0.6 is 0 Å². The first kappa shape index (κ1) is 17.4. The fraction of sp³-hybridized carbons (Fsp3) is 0.500. The van der Waals surface area contributed by atoms with Crippen molar-refractivity contribution in [1.29, 1.82) is 0 Å². The Bertz CT molecular complexity index is 676. The van der Waals surface area contributed by atoms with Gasteiger partial charge < -0.3 is 25.2 Å². The van der Waals surface area contributed by atoms with Crippen molar-refractivity contribution in [1.82, 2.24) is 5.32 Å². The van der Waals surface area contributed by atoms with Gasteiger partial charge in [-0.15, -0.1) is 0 Å². The van der Waals surface area contributed by atoms with E-state index in [1.54, 1.807) is 11.0 Å². The number of hydrogen-bond donors (Lipinski definition) is 3. The molecule has 3 N–H and O–H groups in total. The van der Waals surface area contributed by atoms with Crippen LogP contribution in [0.5, 0.6) is 0 Å². The molecule has 0 spiro atoms. The smallest absolute Gasteiger partial charge is 0.414 e. The summed E-state index contributed by atoms with van der Waals surface area (Å²) in [5, 5.41) is 21.7. The van der Waals surface area contributed by atoms with Crippen molar-refractivity contribution < 1.29 is 28.9 Å². The van der Waals surface area contributed by atoms with Gasteiger partial charge in [-0.1, -0.05) is 0 Å². The zero-order valence-corrected chi connectivity index (χ0v) is 13.7. The normalized spacial score (nSPS) is 26.1. The van der Waals surface area contributed by atoms with Crippen LogP contribution in [0.3, 0.4) is 0 Å². The second kappa shape index (κ2) is 6.85. The van der Waals surface area contributed by atoms with Gasteiger partial charge in [0.25, 0.3) is 0 Å². The average Bonchev–Trinajstić information content (AvgIpc) is 3.08. The molecule has 8 nitrogen and oxygen atoms in total. The quantitative estimate of drug-likeness (QED) is 0.695. The van der Waals surface area contributed by atoms with Crippen LogP contribution in [0.4, 0.5) is 20.6 Å². The van der Waals surface area contributed by atoms with E-state index in [0.29, 0.717) is 5.69 Å². The summed E-state index contributed by atoms with van der Waals surface area (Å²) in [5.74, 6) is -0.781. The summed E-state index contributed by atoms with van der Waals surface area (Å²) in [6.45, 7) is 2.06. The van der Waals surface area contributed by atoms with Gasteiger partial charge in [0.05, 0.1) is 36.7 Å². The minimum Gasteiger partial charge on any atom is -0.442 e. The number of aliphatic hydroxyl groups is 2. The molecule has 2 saturated heterocycles. The zero-order valence-electron chi connectivity index (χ0n) is 13.7. The van der Waals surface area contributed by atoms with E-state index < -0.39 is 30.2 Å². The van der Waals surface area contributed by atoms with Gasteiger partial charge in [-0.3, -0.25) is 9.69 Å². The number of benzene rings is 1. The number of carbonyl (C=O) groups is 2. The predicted molar refractivity (Wildman–Crippen MR) is 86.9 cm³/mol. The lowest BCUT2D eigenvalue weighted by Gasteiger charge is -2.20. The first-order valence-electron chi connectivity index (χ1n) is 7.98. The number of anilines is 2. The van der Waals surface area contributed by atoms with E-state index in [9.17, 15) is 24.2 Å². The molecule has 2 aliphatic heterocycles. The number of amides is 2. The number of nitrogens with one attached hydrogen (secondary N) is 1. The molecule has 2 fully saturated rings. The molecule has 0 aromatic heterocycles. The maximum Gasteiger partial charge on any atom is 0.414 e. The highest BCUT2D eigenvalue weighted by atomic mass is 19.1. The van der Waals surface area contributed by atoms with Crippen molar-refractivity contribution in [2.24, 2.45) is 0 Å². The van der Waals surface area contributed by atoms with E-state index in [4.69, 9.17) is 4.74 Å². The summed E-state index contributed by atoms with van der Waals surface area (Å²) in [5.41, 5.74) is 0.596. The fourth-order valence-corrected chi connectivity index (χ4v) is 2.98. The lowest BCUT2D eigenvalue weighted by atomic mass is 10.2. The van der Waals surface area contributed by atoms with Gasteiger partial charge in [-0.2, -0.15) is 0 Å². The van der Waals surface area contributed by atoms with E-state index in [1.807, 2.05) is 0 Å². The third kappa shape index (κ3) is 3.67. The Morgan fingerprint density at radius 2 is 2.00 bits per heavy atom. The van der Waals surface area contributed by atoms with Crippen LogP contribution in [0.1, 0.15) is 6.92 Å². The third-order valence-electron chi connectivity index (χ3n) is 4.30. The second-order valence-electron chi connectivity index (χ2n) is 6.23. The van der Waals surface area contributed by atoms with Gasteiger partial charge in [0.2, 0.25) is 5.91 Å². The van der Waals surface area contributed by atoms with Gasteiger partial charge in [0, 0.05) is 20.0 Å². The highest BCUT2D eigenvalue weighted by Gasteiger charge is 2.34. The largest absolute Gasteiger partial charge is 0.442 e. The predicted octanol–water partition coefficient (Wildman–Crippen LogP) is -0.171. The number of hydrogen-bond acceptors (Lipinski definition) is 6. The zero-order chi connectivity index (χ0) is 18.1. The Morgan fingerprint density at radius 1 is 1.32 bits per heavy atom. The summed E-state index contributed by atoms with van der Waals surface area (Å²) in [6.07, 6.45) is -2.93. The number of ether oxygens (including phenoxy) is 1. The highest BCUT2D eigenvalue weighted by molar-refractivity contribution is 5.90. The van der Waals surface area contributed by atoms with E-state index in [2.05, 4.69) is 5.32 Å². The highest BCUT2D eigenvalue weighted by Crippen LogP contribution is 2.29. The monoisotopic (exact) mass is 353 g/mol. The van der Waals surface area contributed by atoms with E-state index >= 15 is 0 Å². The van der Waals surface area contributed by atoms with Crippen LogP contribution in [0.25, 0.3) is 0 Å². The maximum absolute atomic E-state index is 14.4. The SMILES string of the molecule is CC(=O)NC[C@H]1CN(c2ccc(N3C[C@@H](O)[C@@H](O)C3)c(F)c2)C(=O)O1. The van der Waals surface area contributed by atoms with Crippen molar-refractivity contribution in [3.05, 3.63) is 24.0 Å². The van der Waals surface area contributed by atoms with E-state index in [0.717, 1.165) is 0 Å². The summed E-state index contributed by atoms with van der Waals surface area (Å²) in [4.78, 5) is 25.7. The molecule has 9 heteroatoms. The van der Waals surface area contributed by atoms with Crippen molar-refractivity contribution in [3.8, 4) is 0 Å². The Hall–Kier alpha value is -2.39. The first-order chi connectivity index (χ1) is 11.8. The maximum atomic E-state index is 14.4. The number of aliphatic hydroxyl groups excluding tert-OH is 2. The molecule has 0 radical (unpaired) electrons. The minimum absolute atomic E-state index is 0.141. The van der Waals surface area contributed by atoms with Crippen LogP contribution in [-0.2, 0) is 9.53 Å². The molecular formula is C16H20FN3O5. The van der Waals surface area contributed by atoms with Crippen molar-refractivity contribution >= 4 is 23.4 Å². The first-order valence-corrected chi connectivity index (χ1v) is 7.98. The number of nitrogens with zero attached hydrogens (tertiary/aromatic N) is 2. The summed E-state index contributed by atoms with van der Waals surface area (Å²) < 4.78 is 19.6. The fourth-order valence-electron chi connectivity index (χ4n) is 2.98. The second-order valence-corrected chi connectivity index (χ2v) is 6.23. The third-order valence-corrected chi connectivity index (χ3v) is 4.30. The molecule has 0 saturated carbocycles. The Morgan fingerprint density at radius 3 is 2.60 bits per heavy atom. The van der Waals surface area contributed by atoms with Crippen LogP contribution in [0, 0.1) is 5.82 Å². The van der Waals surface area contributed by atoms with Crippen LogP contribution in [0.15, 0.2) is 18.2 Å². The van der Waals surface area contributed by atoms with Gasteiger partial charge >= 0.3 is 6.09 Å².